The van der Waals surface area contributed by atoms with Gasteiger partial charge < -0.3 is 49.5 Å². The van der Waals surface area contributed by atoms with Crippen LogP contribution in [0.1, 0.15) is 146 Å². The number of ketones is 1. The van der Waals surface area contributed by atoms with Gasteiger partial charge in [0.05, 0.1) is 16.8 Å². The summed E-state index contributed by atoms with van der Waals surface area (Å²) in [7, 11) is -2.86. The second-order valence-electron chi connectivity index (χ2n) is 24.8. The van der Waals surface area contributed by atoms with Gasteiger partial charge in [0.2, 0.25) is 0 Å². The van der Waals surface area contributed by atoms with Gasteiger partial charge in [-0.15, -0.1) is 13.2 Å². The number of rotatable bonds is 7. The van der Waals surface area contributed by atoms with Gasteiger partial charge in [-0.1, -0.05) is 47.7 Å². The highest BCUT2D eigenvalue weighted by Gasteiger charge is 2.60. The number of nitrogens with zero attached hydrogens (tertiary/aromatic N) is 3. The highest BCUT2D eigenvalue weighted by molar-refractivity contribution is 9.09. The first-order valence-electron chi connectivity index (χ1n) is 26.3. The second kappa shape index (κ2) is 28.9. The maximum atomic E-state index is 12.9. The van der Waals surface area contributed by atoms with E-state index in [1.165, 1.54) is 24.5 Å². The van der Waals surface area contributed by atoms with E-state index in [4.69, 9.17) is 14.2 Å². The minimum atomic E-state index is -3.92. The number of carbonyl (C=O) groups is 4. The van der Waals surface area contributed by atoms with E-state index in [-0.39, 0.29) is 43.7 Å². The fourth-order valence-electron chi connectivity index (χ4n) is 7.80. The summed E-state index contributed by atoms with van der Waals surface area (Å²) in [5.74, 6) is -10.0. The van der Waals surface area contributed by atoms with E-state index >= 15 is 0 Å². The third kappa shape index (κ3) is 28.8. The SMILES string of the molecule is C=CCBr.C=CCC1(O)CCN(C(=O)OC(C)(C)C)CC1.CC(C)(C)OC(=O)N1CCC(=O)CC1.CC(C)(C)OC(=O)N1CCC(O)(CC2CC2(F)F)CC1.C[Si](C)(C)C(F)(F)F.OC1(CC2CC2(F)F)CCNCC1. The van der Waals surface area contributed by atoms with Crippen molar-refractivity contribution < 1.29 is 79.4 Å². The van der Waals surface area contributed by atoms with Crippen LogP contribution >= 0.6 is 15.9 Å². The highest BCUT2D eigenvalue weighted by Crippen LogP contribution is 2.54. The van der Waals surface area contributed by atoms with Gasteiger partial charge in [0.1, 0.15) is 22.6 Å². The monoisotopic (exact) mass is 1180 g/mol. The standard InChI is InChI=1S/C14H23F2NO3.C13H23NO3.C10H17NO3.C9H15F2NO.C4H9F3Si.C3H5Br/c1-12(2,3)20-11(18)17-6-4-13(19,5-7-17)8-10-9-14(10,15)16;1-5-6-13(16)7-9-14(10-8-13)11(15)17-12(2,3)4;1-10(2,3)14-9(13)11-6-4-8(12)5-7-11;10-9(11)6-7(9)5-8(13)1-3-12-4-2-8;1-8(2,3)4(5,6)7;1-2-3-4/h10,19H,4-9H2,1-3H3;5,16H,1,6-10H2,2-4H3;4-7H2,1-3H3;7,12-13H,1-6H2;1-3H3;2H,1,3H2. The Hall–Kier alpha value is -2.99. The number of amides is 3. The van der Waals surface area contributed by atoms with Crippen molar-refractivity contribution in [3.8, 4) is 0 Å². The number of Topliss-reactive ketones (excluding diaryl/α,β-unsaturated/α-hetero) is 1. The molecule has 0 bridgehead atoms. The molecule has 2 saturated carbocycles. The summed E-state index contributed by atoms with van der Waals surface area (Å²) < 4.78 is 102. The van der Waals surface area contributed by atoms with Crippen LogP contribution in [0.3, 0.4) is 0 Å². The largest absolute Gasteiger partial charge is 0.444 e. The lowest BCUT2D eigenvalue weighted by atomic mass is 9.86. The molecule has 2 atom stereocenters. The Kier molecular flexibility index (Phi) is 27.0. The number of alkyl halides is 8. The molecule has 4 aliphatic heterocycles. The smallest absolute Gasteiger partial charge is 0.410 e. The molecule has 444 valence electrons. The number of carbonyl (C=O) groups excluding carboxylic acids is 4. The molecule has 0 spiro atoms. The first-order chi connectivity index (χ1) is 34.3. The summed E-state index contributed by atoms with van der Waals surface area (Å²) in [6.45, 7) is 31.6. The molecular weight excluding hydrogens is 1090 g/mol. The van der Waals surface area contributed by atoms with Crippen LogP contribution in [0, 0.1) is 11.8 Å². The summed E-state index contributed by atoms with van der Waals surface area (Å²) >= 11 is 3.13. The molecule has 0 aromatic heterocycles. The molecule has 23 heteroatoms. The number of allylic oxidation sites excluding steroid dienone is 1. The second-order valence-corrected chi connectivity index (χ2v) is 30.5. The molecule has 6 aliphatic rings. The Morgan fingerprint density at radius 3 is 1.14 bits per heavy atom. The Labute approximate surface area is 457 Å². The van der Waals surface area contributed by atoms with Crippen molar-refractivity contribution in [2.75, 3.05) is 57.7 Å². The van der Waals surface area contributed by atoms with Crippen LogP contribution < -0.4 is 5.32 Å². The van der Waals surface area contributed by atoms with E-state index in [9.17, 15) is 65.2 Å². The van der Waals surface area contributed by atoms with Crippen LogP contribution in [-0.2, 0) is 19.0 Å². The molecule has 14 nitrogen and oxygen atoms in total. The Morgan fingerprint density at radius 2 is 0.895 bits per heavy atom. The molecule has 76 heavy (non-hydrogen) atoms. The van der Waals surface area contributed by atoms with Crippen LogP contribution in [0.25, 0.3) is 0 Å². The third-order valence-electron chi connectivity index (χ3n) is 12.8. The third-order valence-corrected chi connectivity index (χ3v) is 15.0. The van der Waals surface area contributed by atoms with E-state index in [1.807, 2.05) is 41.5 Å². The summed E-state index contributed by atoms with van der Waals surface area (Å²) in [6, 6.07) is 0. The minimum Gasteiger partial charge on any atom is -0.444 e. The van der Waals surface area contributed by atoms with Crippen molar-refractivity contribution in [1.82, 2.24) is 20.0 Å². The van der Waals surface area contributed by atoms with Crippen molar-refractivity contribution in [1.29, 1.82) is 0 Å². The molecule has 0 aromatic carbocycles. The van der Waals surface area contributed by atoms with Crippen LogP contribution in [-0.4, -0.2) is 171 Å². The number of piperidine rings is 4. The molecule has 4 heterocycles. The number of aliphatic hydroxyl groups is 3. The number of halogens is 8. The zero-order valence-corrected chi connectivity index (χ0v) is 49.9. The van der Waals surface area contributed by atoms with E-state index in [0.717, 1.165) is 18.4 Å². The normalized spacial score (nSPS) is 23.1. The molecule has 4 saturated heterocycles. The van der Waals surface area contributed by atoms with E-state index in [0.29, 0.717) is 97.1 Å². The quantitative estimate of drug-likeness (QED) is 0.0627. The van der Waals surface area contributed by atoms with Gasteiger partial charge in [0.25, 0.3) is 11.8 Å². The molecule has 4 N–H and O–H groups in total. The summed E-state index contributed by atoms with van der Waals surface area (Å²) in [4.78, 5) is 50.9. The van der Waals surface area contributed by atoms with Gasteiger partial charge in [0, 0.05) is 82.1 Å². The van der Waals surface area contributed by atoms with E-state index in [2.05, 4.69) is 34.4 Å². The topological polar surface area (TPSA) is 178 Å². The van der Waals surface area contributed by atoms with Gasteiger partial charge in [-0.05, 0) is 133 Å². The fourth-order valence-corrected chi connectivity index (χ4v) is 7.80. The lowest BCUT2D eigenvalue weighted by Crippen LogP contribution is -2.48. The van der Waals surface area contributed by atoms with Gasteiger partial charge in [-0.3, -0.25) is 4.79 Å². The maximum Gasteiger partial charge on any atom is 0.410 e. The summed E-state index contributed by atoms with van der Waals surface area (Å²) in [5, 5.41) is 34.4. The Morgan fingerprint density at radius 1 is 0.618 bits per heavy atom. The molecule has 0 aromatic rings. The number of ether oxygens (including phenoxy) is 3. The van der Waals surface area contributed by atoms with Crippen molar-refractivity contribution in [3.63, 3.8) is 0 Å². The Bertz CT molecular complexity index is 1830. The lowest BCUT2D eigenvalue weighted by molar-refractivity contribution is -0.121. The Balaban J connectivity index is 0.000000477. The zero-order chi connectivity index (χ0) is 59.0. The predicted molar refractivity (Wildman–Crippen MR) is 287 cm³/mol. The van der Waals surface area contributed by atoms with Crippen LogP contribution in [0.5, 0.6) is 0 Å². The van der Waals surface area contributed by atoms with Gasteiger partial charge in [-0.25, -0.2) is 31.9 Å². The van der Waals surface area contributed by atoms with Crippen molar-refractivity contribution in [2.24, 2.45) is 11.8 Å². The van der Waals surface area contributed by atoms with Crippen molar-refractivity contribution in [3.05, 3.63) is 25.3 Å². The number of likely N-dealkylation sites (tertiary alicyclic amines) is 3. The molecular formula is C53H92BrF7N4O10Si. The summed E-state index contributed by atoms with van der Waals surface area (Å²) in [6.07, 6.45) is 7.31. The van der Waals surface area contributed by atoms with E-state index < -0.39 is 77.3 Å². The number of nitrogens with one attached hydrogen (secondary N) is 1. The maximum absolute atomic E-state index is 12.9. The number of hydrogen-bond donors (Lipinski definition) is 4. The molecule has 0 radical (unpaired) electrons. The number of hydrogen-bond acceptors (Lipinski definition) is 11. The van der Waals surface area contributed by atoms with Crippen molar-refractivity contribution >= 4 is 48.1 Å². The van der Waals surface area contributed by atoms with E-state index in [1.54, 1.807) is 42.7 Å². The van der Waals surface area contributed by atoms with Crippen LogP contribution in [0.4, 0.5) is 45.1 Å². The van der Waals surface area contributed by atoms with Crippen LogP contribution in [0.2, 0.25) is 19.6 Å². The predicted octanol–water partition coefficient (Wildman–Crippen LogP) is 11.8. The summed E-state index contributed by atoms with van der Waals surface area (Å²) in [5.41, 5.74) is -4.06. The molecule has 6 rings (SSSR count). The average molecular weight is 1190 g/mol. The first-order valence-corrected chi connectivity index (χ1v) is 30.9. The van der Waals surface area contributed by atoms with Crippen molar-refractivity contribution in [2.45, 2.75) is 217 Å². The molecule has 6 fully saturated rings. The fraction of sp³-hybridized carbons (Fsp3) is 0.849. The van der Waals surface area contributed by atoms with Gasteiger partial charge >= 0.3 is 24.1 Å². The lowest BCUT2D eigenvalue weighted by Gasteiger charge is -2.38. The molecule has 3 amide bonds. The van der Waals surface area contributed by atoms with Crippen LogP contribution in [0.15, 0.2) is 25.3 Å². The minimum absolute atomic E-state index is 0.0251. The average Bonchev–Trinajstić information content (AvgIpc) is 4.08. The van der Waals surface area contributed by atoms with Gasteiger partial charge in [-0.2, -0.15) is 13.2 Å². The zero-order valence-electron chi connectivity index (χ0n) is 47.3. The molecule has 2 aliphatic carbocycles. The van der Waals surface area contributed by atoms with Gasteiger partial charge in [0.15, 0.2) is 8.07 Å². The molecule has 2 unspecified atom stereocenters. The highest BCUT2D eigenvalue weighted by atomic mass is 79.9. The first kappa shape index (κ1) is 71.0.